The van der Waals surface area contributed by atoms with Gasteiger partial charge in [-0.3, -0.25) is 4.79 Å². The zero-order valence-corrected chi connectivity index (χ0v) is 18.8. The summed E-state index contributed by atoms with van der Waals surface area (Å²) in [5, 5.41) is 5.04. The molecule has 4 aromatic rings. The van der Waals surface area contributed by atoms with Crippen LogP contribution in [0.4, 0.5) is 0 Å². The van der Waals surface area contributed by atoms with Gasteiger partial charge in [0.15, 0.2) is 5.16 Å². The number of benzene rings is 3. The summed E-state index contributed by atoms with van der Waals surface area (Å²) in [6, 6.07) is 25.8. The monoisotopic (exact) mass is 444 g/mol. The number of imidazole rings is 1. The van der Waals surface area contributed by atoms with Crippen molar-refractivity contribution in [2.45, 2.75) is 18.6 Å². The topological polar surface area (TPSA) is 68.5 Å². The van der Waals surface area contributed by atoms with Gasteiger partial charge in [-0.25, -0.2) is 10.4 Å². The number of fused-ring (bicyclic) bond motifs is 1. The number of nitrogens with zero attached hydrogens (tertiary/aromatic N) is 3. The molecule has 0 aliphatic rings. The third kappa shape index (κ3) is 5.18. The summed E-state index contributed by atoms with van der Waals surface area (Å²) >= 11 is 1.41. The average molecular weight is 445 g/mol. The maximum atomic E-state index is 12.4. The molecule has 0 saturated carbocycles. The van der Waals surface area contributed by atoms with Crippen molar-refractivity contribution in [2.24, 2.45) is 5.10 Å². The van der Waals surface area contributed by atoms with Gasteiger partial charge in [-0.2, -0.15) is 5.10 Å². The Hall–Kier alpha value is -3.58. The lowest BCUT2D eigenvalue weighted by atomic mass is 10.1. The number of nitrogens with one attached hydrogen (secondary N) is 1. The van der Waals surface area contributed by atoms with Gasteiger partial charge in [0.1, 0.15) is 5.75 Å². The number of ether oxygens (including phenoxy) is 1. The first kappa shape index (κ1) is 21.6. The molecule has 1 aromatic heterocycles. The molecule has 0 bridgehead atoms. The van der Waals surface area contributed by atoms with E-state index >= 15 is 0 Å². The van der Waals surface area contributed by atoms with E-state index in [0.717, 1.165) is 33.2 Å². The molecule has 7 heteroatoms. The molecule has 1 heterocycles. The van der Waals surface area contributed by atoms with Crippen LogP contribution >= 0.6 is 11.8 Å². The summed E-state index contributed by atoms with van der Waals surface area (Å²) in [7, 11) is 1.63. The zero-order valence-electron chi connectivity index (χ0n) is 18.0. The Bertz CT molecular complexity index is 1230. The summed E-state index contributed by atoms with van der Waals surface area (Å²) in [4.78, 5) is 17.2. The third-order valence-electron chi connectivity index (χ3n) is 4.99. The Morgan fingerprint density at radius 1 is 1.03 bits per heavy atom. The highest BCUT2D eigenvalue weighted by molar-refractivity contribution is 7.99. The maximum absolute atomic E-state index is 12.4. The first-order chi connectivity index (χ1) is 15.6. The summed E-state index contributed by atoms with van der Waals surface area (Å²) in [6.07, 6.45) is 0. The van der Waals surface area contributed by atoms with Crippen LogP contribution in [0.2, 0.25) is 0 Å². The van der Waals surface area contributed by atoms with E-state index in [1.54, 1.807) is 7.11 Å². The highest BCUT2D eigenvalue weighted by Crippen LogP contribution is 2.25. The van der Waals surface area contributed by atoms with Gasteiger partial charge in [-0.05, 0) is 54.4 Å². The largest absolute Gasteiger partial charge is 0.497 e. The van der Waals surface area contributed by atoms with Gasteiger partial charge in [0.2, 0.25) is 0 Å². The Balaban J connectivity index is 1.44. The highest BCUT2D eigenvalue weighted by atomic mass is 32.2. The number of carbonyl (C=O) groups excluding carboxylic acids is 1. The van der Waals surface area contributed by atoms with Crippen molar-refractivity contribution in [1.29, 1.82) is 0 Å². The molecule has 1 amide bonds. The molecule has 1 N–H and O–H groups in total. The Labute approximate surface area is 191 Å². The SMILES string of the molecule is COc1ccc(/C(C)=N/NC(=O)CSc2nc3ccccc3n2Cc2ccccc2)cc1. The van der Waals surface area contributed by atoms with E-state index in [2.05, 4.69) is 33.3 Å². The molecule has 162 valence electrons. The van der Waals surface area contributed by atoms with E-state index in [4.69, 9.17) is 9.72 Å². The first-order valence-corrected chi connectivity index (χ1v) is 11.2. The van der Waals surface area contributed by atoms with E-state index in [0.29, 0.717) is 6.54 Å². The van der Waals surface area contributed by atoms with Crippen molar-refractivity contribution in [3.63, 3.8) is 0 Å². The van der Waals surface area contributed by atoms with E-state index in [1.807, 2.05) is 67.6 Å². The predicted octanol–water partition coefficient (Wildman–Crippen LogP) is 4.73. The van der Waals surface area contributed by atoms with Crippen molar-refractivity contribution in [3.8, 4) is 5.75 Å². The number of thioether (sulfide) groups is 1. The van der Waals surface area contributed by atoms with Crippen LogP contribution < -0.4 is 10.2 Å². The first-order valence-electron chi connectivity index (χ1n) is 10.2. The molecule has 0 unspecified atom stereocenters. The molecule has 0 radical (unpaired) electrons. The van der Waals surface area contributed by atoms with Gasteiger partial charge in [0.05, 0.1) is 36.2 Å². The number of methoxy groups -OCH3 is 1. The van der Waals surface area contributed by atoms with Crippen molar-refractivity contribution >= 4 is 34.4 Å². The Kier molecular flexibility index (Phi) is 6.87. The molecule has 0 saturated heterocycles. The van der Waals surface area contributed by atoms with Gasteiger partial charge in [0.25, 0.3) is 5.91 Å². The highest BCUT2D eigenvalue weighted by Gasteiger charge is 2.13. The third-order valence-corrected chi connectivity index (χ3v) is 5.97. The zero-order chi connectivity index (χ0) is 22.3. The number of hydrazone groups is 1. The Morgan fingerprint density at radius 3 is 2.50 bits per heavy atom. The molecule has 4 rings (SSSR count). The molecular formula is C25H24N4O2S. The maximum Gasteiger partial charge on any atom is 0.250 e. The van der Waals surface area contributed by atoms with Crippen molar-refractivity contribution in [3.05, 3.63) is 90.0 Å². The molecule has 0 atom stereocenters. The second-order valence-corrected chi connectivity index (χ2v) is 8.15. The number of carbonyl (C=O) groups is 1. The van der Waals surface area contributed by atoms with Gasteiger partial charge < -0.3 is 9.30 Å². The normalized spacial score (nSPS) is 11.5. The lowest BCUT2D eigenvalue weighted by Crippen LogP contribution is -2.21. The molecule has 0 spiro atoms. The van der Waals surface area contributed by atoms with E-state index in [9.17, 15) is 4.79 Å². The molecule has 6 nitrogen and oxygen atoms in total. The van der Waals surface area contributed by atoms with E-state index in [1.165, 1.54) is 17.3 Å². The van der Waals surface area contributed by atoms with Gasteiger partial charge in [0, 0.05) is 0 Å². The van der Waals surface area contributed by atoms with Crippen LogP contribution in [0.5, 0.6) is 5.75 Å². The standard InChI is InChI=1S/C25H24N4O2S/c1-18(20-12-14-21(31-2)15-13-20)27-28-24(30)17-32-25-26-22-10-6-7-11-23(22)29(25)16-19-8-4-3-5-9-19/h3-15H,16-17H2,1-2H3,(H,28,30)/b27-18+. The molecule has 0 aliphatic carbocycles. The molecule has 3 aromatic carbocycles. The lowest BCUT2D eigenvalue weighted by Gasteiger charge is -2.09. The van der Waals surface area contributed by atoms with Crippen LogP contribution in [-0.4, -0.2) is 34.0 Å². The van der Waals surface area contributed by atoms with Gasteiger partial charge in [-0.1, -0.05) is 54.2 Å². The van der Waals surface area contributed by atoms with Crippen LogP contribution in [-0.2, 0) is 11.3 Å². The minimum atomic E-state index is -0.179. The van der Waals surface area contributed by atoms with Crippen LogP contribution in [0.3, 0.4) is 0 Å². The van der Waals surface area contributed by atoms with Crippen molar-refractivity contribution in [1.82, 2.24) is 15.0 Å². The molecular weight excluding hydrogens is 420 g/mol. The number of hydrogen-bond donors (Lipinski definition) is 1. The van der Waals surface area contributed by atoms with Crippen LogP contribution in [0.1, 0.15) is 18.1 Å². The summed E-state index contributed by atoms with van der Waals surface area (Å²) < 4.78 is 7.32. The Morgan fingerprint density at radius 2 is 1.75 bits per heavy atom. The second-order valence-electron chi connectivity index (χ2n) is 7.20. The van der Waals surface area contributed by atoms with E-state index < -0.39 is 0 Å². The molecule has 0 fully saturated rings. The fourth-order valence-corrected chi connectivity index (χ4v) is 4.09. The van der Waals surface area contributed by atoms with Gasteiger partial charge >= 0.3 is 0 Å². The number of hydrogen-bond acceptors (Lipinski definition) is 5. The lowest BCUT2D eigenvalue weighted by molar-refractivity contribution is -0.118. The minimum Gasteiger partial charge on any atom is -0.497 e. The van der Waals surface area contributed by atoms with Gasteiger partial charge in [-0.15, -0.1) is 0 Å². The van der Waals surface area contributed by atoms with Crippen LogP contribution in [0, 0.1) is 0 Å². The predicted molar refractivity (Wildman–Crippen MR) is 129 cm³/mol. The summed E-state index contributed by atoms with van der Waals surface area (Å²) in [5.41, 5.74) is 7.43. The number of para-hydroxylation sites is 2. The summed E-state index contributed by atoms with van der Waals surface area (Å²) in [6.45, 7) is 2.55. The van der Waals surface area contributed by atoms with Crippen LogP contribution in [0.25, 0.3) is 11.0 Å². The number of aromatic nitrogens is 2. The number of amides is 1. The van der Waals surface area contributed by atoms with Crippen molar-refractivity contribution in [2.75, 3.05) is 12.9 Å². The smallest absolute Gasteiger partial charge is 0.250 e. The quantitative estimate of drug-likeness (QED) is 0.242. The molecule has 32 heavy (non-hydrogen) atoms. The summed E-state index contributed by atoms with van der Waals surface area (Å²) in [5.74, 6) is 0.818. The average Bonchev–Trinajstić information content (AvgIpc) is 3.19. The second kappa shape index (κ2) is 10.2. The fraction of sp³-hybridized carbons (Fsp3) is 0.160. The molecule has 0 aliphatic heterocycles. The minimum absolute atomic E-state index is 0.179. The van der Waals surface area contributed by atoms with Crippen molar-refractivity contribution < 1.29 is 9.53 Å². The fourth-order valence-electron chi connectivity index (χ4n) is 3.29. The van der Waals surface area contributed by atoms with E-state index in [-0.39, 0.29) is 11.7 Å². The van der Waals surface area contributed by atoms with Crippen LogP contribution in [0.15, 0.2) is 89.1 Å². The number of rotatable bonds is 8.